The Balaban J connectivity index is 2.40. The van der Waals surface area contributed by atoms with Crippen molar-refractivity contribution in [2.45, 2.75) is 36.6 Å². The molecule has 3 N–H and O–H groups in total. The average Bonchev–Trinajstić information content (AvgIpc) is 2.33. The van der Waals surface area contributed by atoms with Crippen LogP contribution < -0.4 is 10.5 Å². The molecule has 0 atom stereocenters. The Morgan fingerprint density at radius 1 is 1.45 bits per heavy atom. The molecule has 0 amide bonds. The predicted octanol–water partition coefficient (Wildman–Crippen LogP) is 1.36. The molecule has 0 aliphatic heterocycles. The lowest BCUT2D eigenvalue weighted by molar-refractivity contribution is 0.248. The SMILES string of the molecule is CC1(NS(=O)(=O)c2ccc(F)cc2C#CCN)CCC1. The van der Waals surface area contributed by atoms with Gasteiger partial charge in [-0.05, 0) is 44.4 Å². The summed E-state index contributed by atoms with van der Waals surface area (Å²) in [5, 5.41) is 0. The van der Waals surface area contributed by atoms with Crippen LogP contribution in [0.2, 0.25) is 0 Å². The predicted molar refractivity (Wildman–Crippen MR) is 74.9 cm³/mol. The summed E-state index contributed by atoms with van der Waals surface area (Å²) in [5.41, 5.74) is 4.99. The quantitative estimate of drug-likeness (QED) is 0.827. The topological polar surface area (TPSA) is 72.2 Å². The monoisotopic (exact) mass is 296 g/mol. The van der Waals surface area contributed by atoms with Crippen LogP contribution in [0.3, 0.4) is 0 Å². The van der Waals surface area contributed by atoms with E-state index in [1.807, 2.05) is 6.92 Å². The minimum Gasteiger partial charge on any atom is -0.320 e. The second-order valence-corrected chi connectivity index (χ2v) is 6.82. The van der Waals surface area contributed by atoms with Crippen LogP contribution in [-0.2, 0) is 10.0 Å². The maximum absolute atomic E-state index is 13.3. The molecule has 1 aliphatic carbocycles. The fraction of sp³-hybridized carbons (Fsp3) is 0.429. The number of nitrogens with one attached hydrogen (secondary N) is 1. The van der Waals surface area contributed by atoms with Gasteiger partial charge in [0, 0.05) is 11.1 Å². The molecule has 0 unspecified atom stereocenters. The molecular weight excluding hydrogens is 279 g/mol. The van der Waals surface area contributed by atoms with Gasteiger partial charge in [-0.3, -0.25) is 0 Å². The van der Waals surface area contributed by atoms with E-state index >= 15 is 0 Å². The van der Waals surface area contributed by atoms with Crippen LogP contribution in [0.1, 0.15) is 31.7 Å². The Hall–Kier alpha value is -1.42. The Kier molecular flexibility index (Phi) is 4.14. The van der Waals surface area contributed by atoms with Gasteiger partial charge in [0.15, 0.2) is 0 Å². The van der Waals surface area contributed by atoms with Gasteiger partial charge in [0.1, 0.15) is 5.82 Å². The van der Waals surface area contributed by atoms with Crippen molar-refractivity contribution in [2.75, 3.05) is 6.54 Å². The Bertz CT molecular complexity index is 670. The molecule has 1 aromatic carbocycles. The van der Waals surface area contributed by atoms with Gasteiger partial charge < -0.3 is 5.73 Å². The number of halogens is 1. The smallest absolute Gasteiger partial charge is 0.242 e. The second-order valence-electron chi connectivity index (χ2n) is 5.17. The Morgan fingerprint density at radius 2 is 2.15 bits per heavy atom. The third-order valence-corrected chi connectivity index (χ3v) is 5.09. The number of nitrogens with two attached hydrogens (primary N) is 1. The minimum absolute atomic E-state index is 0.00650. The van der Waals surface area contributed by atoms with Gasteiger partial charge in [-0.2, -0.15) is 0 Å². The first kappa shape index (κ1) is 15.0. The van der Waals surface area contributed by atoms with Gasteiger partial charge >= 0.3 is 0 Å². The van der Waals surface area contributed by atoms with E-state index < -0.39 is 21.4 Å². The van der Waals surface area contributed by atoms with Gasteiger partial charge in [-0.1, -0.05) is 11.8 Å². The molecule has 0 spiro atoms. The van der Waals surface area contributed by atoms with Crippen molar-refractivity contribution in [1.82, 2.24) is 4.72 Å². The van der Waals surface area contributed by atoms with Crippen molar-refractivity contribution in [2.24, 2.45) is 5.73 Å². The summed E-state index contributed by atoms with van der Waals surface area (Å²) < 4.78 is 40.7. The number of rotatable bonds is 3. The van der Waals surface area contributed by atoms with Crippen molar-refractivity contribution < 1.29 is 12.8 Å². The van der Waals surface area contributed by atoms with E-state index in [9.17, 15) is 12.8 Å². The first-order valence-electron chi connectivity index (χ1n) is 6.39. The fourth-order valence-electron chi connectivity index (χ4n) is 2.17. The molecule has 1 aromatic rings. The number of hydrogen-bond donors (Lipinski definition) is 2. The molecule has 20 heavy (non-hydrogen) atoms. The molecule has 6 heteroatoms. The highest BCUT2D eigenvalue weighted by molar-refractivity contribution is 7.89. The molecule has 0 saturated heterocycles. The van der Waals surface area contributed by atoms with Crippen molar-refractivity contribution in [3.63, 3.8) is 0 Å². The second kappa shape index (κ2) is 5.52. The maximum Gasteiger partial charge on any atom is 0.242 e. The zero-order valence-electron chi connectivity index (χ0n) is 11.2. The highest BCUT2D eigenvalue weighted by Crippen LogP contribution is 2.33. The molecule has 1 saturated carbocycles. The summed E-state index contributed by atoms with van der Waals surface area (Å²) in [5.74, 6) is 4.63. The van der Waals surface area contributed by atoms with Crippen molar-refractivity contribution in [3.05, 3.63) is 29.6 Å². The van der Waals surface area contributed by atoms with E-state index in [1.165, 1.54) is 6.07 Å². The molecule has 0 radical (unpaired) electrons. The van der Waals surface area contributed by atoms with Gasteiger partial charge in [0.25, 0.3) is 0 Å². The number of hydrogen-bond acceptors (Lipinski definition) is 3. The molecule has 0 bridgehead atoms. The summed E-state index contributed by atoms with van der Waals surface area (Å²) in [6, 6.07) is 3.46. The largest absolute Gasteiger partial charge is 0.320 e. The zero-order chi connectivity index (χ0) is 14.8. The first-order chi connectivity index (χ1) is 9.36. The maximum atomic E-state index is 13.3. The lowest BCUT2D eigenvalue weighted by Gasteiger charge is -2.38. The van der Waals surface area contributed by atoms with Crippen LogP contribution in [0.15, 0.2) is 23.1 Å². The number of benzene rings is 1. The highest BCUT2D eigenvalue weighted by atomic mass is 32.2. The van der Waals surface area contributed by atoms with E-state index in [4.69, 9.17) is 5.73 Å². The summed E-state index contributed by atoms with van der Waals surface area (Å²) in [6.45, 7) is 1.95. The molecule has 0 aromatic heterocycles. The summed E-state index contributed by atoms with van der Waals surface area (Å²) >= 11 is 0. The van der Waals surface area contributed by atoms with Gasteiger partial charge in [-0.15, -0.1) is 0 Å². The molecule has 1 fully saturated rings. The standard InChI is InChI=1S/C14H17FN2O2S/c1-14(7-3-8-14)17-20(18,19)13-6-5-12(15)10-11(13)4-2-9-16/h5-6,10,17H,3,7-9,16H2,1H3. The third-order valence-electron chi connectivity index (χ3n) is 3.39. The minimum atomic E-state index is -3.72. The lowest BCUT2D eigenvalue weighted by atomic mass is 9.80. The summed E-state index contributed by atoms with van der Waals surface area (Å²) in [6.07, 6.45) is 2.61. The summed E-state index contributed by atoms with van der Waals surface area (Å²) in [4.78, 5) is -0.00650. The molecule has 2 rings (SSSR count). The lowest BCUT2D eigenvalue weighted by Crippen LogP contribution is -2.50. The van der Waals surface area contributed by atoms with E-state index in [-0.39, 0.29) is 17.0 Å². The molecule has 108 valence electrons. The highest BCUT2D eigenvalue weighted by Gasteiger charge is 2.36. The number of sulfonamides is 1. The van der Waals surface area contributed by atoms with E-state index in [0.717, 1.165) is 31.4 Å². The zero-order valence-corrected chi connectivity index (χ0v) is 12.1. The van der Waals surface area contributed by atoms with Crippen LogP contribution in [0, 0.1) is 17.7 Å². The fourth-order valence-corrected chi connectivity index (χ4v) is 3.78. The van der Waals surface area contributed by atoms with Crippen LogP contribution in [0.4, 0.5) is 4.39 Å². The molecule has 0 heterocycles. The van der Waals surface area contributed by atoms with E-state index in [1.54, 1.807) is 0 Å². The van der Waals surface area contributed by atoms with Crippen LogP contribution in [0.25, 0.3) is 0 Å². The molecule has 4 nitrogen and oxygen atoms in total. The third kappa shape index (κ3) is 3.18. The first-order valence-corrected chi connectivity index (χ1v) is 7.87. The normalized spacial score (nSPS) is 16.9. The van der Waals surface area contributed by atoms with Crippen LogP contribution in [-0.4, -0.2) is 20.5 Å². The van der Waals surface area contributed by atoms with Gasteiger partial charge in [-0.25, -0.2) is 17.5 Å². The van der Waals surface area contributed by atoms with Crippen LogP contribution >= 0.6 is 0 Å². The van der Waals surface area contributed by atoms with E-state index in [0.29, 0.717) is 0 Å². The van der Waals surface area contributed by atoms with Crippen LogP contribution in [0.5, 0.6) is 0 Å². The summed E-state index contributed by atoms with van der Waals surface area (Å²) in [7, 11) is -3.72. The van der Waals surface area contributed by atoms with Gasteiger partial charge in [0.2, 0.25) is 10.0 Å². The average molecular weight is 296 g/mol. The van der Waals surface area contributed by atoms with Crippen molar-refractivity contribution >= 4 is 10.0 Å². The van der Waals surface area contributed by atoms with Crippen molar-refractivity contribution in [1.29, 1.82) is 0 Å². The molecule has 1 aliphatic rings. The molecular formula is C14H17FN2O2S. The van der Waals surface area contributed by atoms with Gasteiger partial charge in [0.05, 0.1) is 11.4 Å². The Labute approximate surface area is 118 Å². The van der Waals surface area contributed by atoms with E-state index in [2.05, 4.69) is 16.6 Å². The Morgan fingerprint density at radius 3 is 2.70 bits per heavy atom. The van der Waals surface area contributed by atoms with Crippen molar-refractivity contribution in [3.8, 4) is 11.8 Å².